The Hall–Kier alpha value is -1.40. The molecular formula is C48H93NO5. The summed E-state index contributed by atoms with van der Waals surface area (Å²) in [5.74, 6) is -0.482. The molecule has 0 bridgehead atoms. The maximum atomic E-state index is 13.1. The van der Waals surface area contributed by atoms with Crippen LogP contribution in [0.4, 0.5) is 0 Å². The number of ether oxygens (including phenoxy) is 1. The van der Waals surface area contributed by atoms with E-state index in [2.05, 4.69) is 38.2 Å². The molecule has 0 radical (unpaired) electrons. The van der Waals surface area contributed by atoms with Gasteiger partial charge in [-0.25, -0.2) is 0 Å². The number of carbonyl (C=O) groups is 2. The van der Waals surface area contributed by atoms with Gasteiger partial charge in [0.1, 0.15) is 6.10 Å². The summed E-state index contributed by atoms with van der Waals surface area (Å²) in [6, 6.07) is -0.698. The molecule has 0 aromatic carbocycles. The van der Waals surface area contributed by atoms with E-state index in [0.717, 1.165) is 64.2 Å². The molecule has 0 aromatic heterocycles. The van der Waals surface area contributed by atoms with Gasteiger partial charge in [-0.1, -0.05) is 213 Å². The fourth-order valence-corrected chi connectivity index (χ4v) is 7.41. The molecule has 3 unspecified atom stereocenters. The fraction of sp³-hybridized carbons (Fsp3) is 0.917. The van der Waals surface area contributed by atoms with Crippen molar-refractivity contribution in [2.45, 2.75) is 277 Å². The molecule has 6 heteroatoms. The molecule has 0 rings (SSSR count). The molecule has 3 N–H and O–H groups in total. The summed E-state index contributed by atoms with van der Waals surface area (Å²) in [5.41, 5.74) is 0. The van der Waals surface area contributed by atoms with E-state index in [4.69, 9.17) is 4.74 Å². The highest BCUT2D eigenvalue weighted by molar-refractivity contribution is 5.77. The zero-order valence-electron chi connectivity index (χ0n) is 36.4. The van der Waals surface area contributed by atoms with Crippen molar-refractivity contribution >= 4 is 11.9 Å². The lowest BCUT2D eigenvalue weighted by atomic mass is 10.0. The maximum Gasteiger partial charge on any atom is 0.306 e. The average Bonchev–Trinajstić information content (AvgIpc) is 3.16. The molecule has 1 amide bonds. The van der Waals surface area contributed by atoms with Crippen molar-refractivity contribution in [2.24, 2.45) is 0 Å². The Bertz CT molecular complexity index is 817. The van der Waals surface area contributed by atoms with Crippen LogP contribution in [0.15, 0.2) is 12.2 Å². The molecule has 6 nitrogen and oxygen atoms in total. The molecule has 0 fully saturated rings. The highest BCUT2D eigenvalue weighted by Gasteiger charge is 2.24. The van der Waals surface area contributed by atoms with E-state index in [1.807, 2.05) is 0 Å². The smallest absolute Gasteiger partial charge is 0.306 e. The number of nitrogens with one attached hydrogen (secondary N) is 1. The number of hydrogen-bond donors (Lipinski definition) is 3. The molecule has 0 saturated heterocycles. The minimum atomic E-state index is -0.784. The molecule has 0 heterocycles. The first-order valence-electron chi connectivity index (χ1n) is 23.9. The van der Waals surface area contributed by atoms with Crippen LogP contribution in [0.3, 0.4) is 0 Å². The van der Waals surface area contributed by atoms with Crippen molar-refractivity contribution in [3.8, 4) is 0 Å². The largest absolute Gasteiger partial charge is 0.462 e. The molecule has 54 heavy (non-hydrogen) atoms. The molecular weight excluding hydrogens is 671 g/mol. The topological polar surface area (TPSA) is 95.9 Å². The van der Waals surface area contributed by atoms with Gasteiger partial charge in [-0.3, -0.25) is 9.59 Å². The highest BCUT2D eigenvalue weighted by Crippen LogP contribution is 2.18. The third kappa shape index (κ3) is 37.5. The van der Waals surface area contributed by atoms with Crippen molar-refractivity contribution in [1.29, 1.82) is 0 Å². The zero-order chi connectivity index (χ0) is 39.6. The van der Waals surface area contributed by atoms with Gasteiger partial charge >= 0.3 is 5.97 Å². The number of aliphatic hydroxyl groups is 2. The number of rotatable bonds is 43. The quantitative estimate of drug-likeness (QED) is 0.0326. The van der Waals surface area contributed by atoms with Crippen LogP contribution in [0.1, 0.15) is 258 Å². The molecule has 0 spiro atoms. The van der Waals surface area contributed by atoms with Crippen LogP contribution in [0.5, 0.6) is 0 Å². The number of carbonyl (C=O) groups excluding carboxylic acids is 2. The summed E-state index contributed by atoms with van der Waals surface area (Å²) in [7, 11) is 0. The van der Waals surface area contributed by atoms with Crippen molar-refractivity contribution in [3.05, 3.63) is 12.2 Å². The Morgan fingerprint density at radius 1 is 0.519 bits per heavy atom. The van der Waals surface area contributed by atoms with Crippen LogP contribution >= 0.6 is 0 Å². The lowest BCUT2D eigenvalue weighted by molar-refractivity contribution is -0.151. The molecule has 3 atom stereocenters. The zero-order valence-corrected chi connectivity index (χ0v) is 36.4. The molecule has 0 aliphatic rings. The fourth-order valence-electron chi connectivity index (χ4n) is 7.41. The van der Waals surface area contributed by atoms with Gasteiger partial charge in [-0.2, -0.15) is 0 Å². The number of allylic oxidation sites excluding steroid dienone is 2. The summed E-state index contributed by atoms with van der Waals surface area (Å²) in [5, 5.41) is 23.7. The Morgan fingerprint density at radius 2 is 0.907 bits per heavy atom. The van der Waals surface area contributed by atoms with Crippen LogP contribution < -0.4 is 5.32 Å². The van der Waals surface area contributed by atoms with Gasteiger partial charge < -0.3 is 20.3 Å². The van der Waals surface area contributed by atoms with Crippen LogP contribution in [0.25, 0.3) is 0 Å². The summed E-state index contributed by atoms with van der Waals surface area (Å²) in [4.78, 5) is 25.9. The van der Waals surface area contributed by atoms with Gasteiger partial charge in [-0.05, 0) is 44.9 Å². The Kier molecular flexibility index (Phi) is 41.6. The molecule has 0 aliphatic heterocycles. The van der Waals surface area contributed by atoms with Crippen LogP contribution in [0.2, 0.25) is 0 Å². The second-order valence-electron chi connectivity index (χ2n) is 16.5. The number of amides is 1. The van der Waals surface area contributed by atoms with Gasteiger partial charge in [-0.15, -0.1) is 0 Å². The van der Waals surface area contributed by atoms with Gasteiger partial charge in [0.25, 0.3) is 0 Å². The van der Waals surface area contributed by atoms with Crippen molar-refractivity contribution in [3.63, 3.8) is 0 Å². The first kappa shape index (κ1) is 52.6. The first-order chi connectivity index (χ1) is 26.5. The van der Waals surface area contributed by atoms with E-state index in [0.29, 0.717) is 19.3 Å². The number of hydrogen-bond acceptors (Lipinski definition) is 5. The summed E-state index contributed by atoms with van der Waals surface area (Å²) >= 11 is 0. The summed E-state index contributed by atoms with van der Waals surface area (Å²) < 4.78 is 5.88. The lowest BCUT2D eigenvalue weighted by Crippen LogP contribution is -2.46. The minimum Gasteiger partial charge on any atom is -0.462 e. The third-order valence-corrected chi connectivity index (χ3v) is 11.1. The SMILES string of the molecule is CCCC/C=C\CCCCCC(CC(=O)NC(CO)C(O)CCCCCCCCCCCCCCCCCC)OC(=O)CCCCCCCCCCCC. The second-order valence-corrected chi connectivity index (χ2v) is 16.5. The highest BCUT2D eigenvalue weighted by atomic mass is 16.5. The van der Waals surface area contributed by atoms with Crippen molar-refractivity contribution in [1.82, 2.24) is 5.32 Å². The van der Waals surface area contributed by atoms with Crippen molar-refractivity contribution in [2.75, 3.05) is 6.61 Å². The third-order valence-electron chi connectivity index (χ3n) is 11.1. The van der Waals surface area contributed by atoms with E-state index >= 15 is 0 Å². The van der Waals surface area contributed by atoms with Crippen molar-refractivity contribution < 1.29 is 24.5 Å². The molecule has 0 saturated carbocycles. The second kappa shape index (κ2) is 42.7. The summed E-state index contributed by atoms with van der Waals surface area (Å²) in [6.45, 7) is 6.43. The van der Waals surface area contributed by atoms with Crippen LogP contribution in [-0.2, 0) is 14.3 Å². The van der Waals surface area contributed by atoms with Crippen LogP contribution in [0, 0.1) is 0 Å². The number of esters is 1. The van der Waals surface area contributed by atoms with E-state index < -0.39 is 18.2 Å². The van der Waals surface area contributed by atoms with Gasteiger partial charge in [0.05, 0.1) is 25.2 Å². The normalized spacial score (nSPS) is 13.4. The predicted octanol–water partition coefficient (Wildman–Crippen LogP) is 13.8. The van der Waals surface area contributed by atoms with Gasteiger partial charge in [0.15, 0.2) is 0 Å². The Morgan fingerprint density at radius 3 is 1.37 bits per heavy atom. The van der Waals surface area contributed by atoms with Crippen LogP contribution in [-0.4, -0.2) is 46.9 Å². The minimum absolute atomic E-state index is 0.0724. The predicted molar refractivity (Wildman–Crippen MR) is 232 cm³/mol. The maximum absolute atomic E-state index is 13.1. The Labute approximate surface area is 336 Å². The van der Waals surface area contributed by atoms with E-state index in [-0.39, 0.29) is 24.9 Å². The summed E-state index contributed by atoms with van der Waals surface area (Å²) in [6.07, 6.45) is 45.6. The average molecular weight is 764 g/mol. The van der Waals surface area contributed by atoms with Gasteiger partial charge in [0, 0.05) is 6.42 Å². The monoisotopic (exact) mass is 764 g/mol. The number of aliphatic hydroxyl groups excluding tert-OH is 2. The molecule has 0 aliphatic carbocycles. The lowest BCUT2D eigenvalue weighted by Gasteiger charge is -2.24. The molecule has 0 aromatic rings. The molecule has 320 valence electrons. The number of unbranched alkanes of at least 4 members (excludes halogenated alkanes) is 29. The standard InChI is InChI=1S/C48H93NO5/c1-4-7-10-13-16-19-21-22-23-24-25-26-28-31-34-37-40-46(51)45(43-50)49-47(52)42-44(39-36-33-30-27-18-15-12-9-6-3)54-48(53)41-38-35-32-29-20-17-14-11-8-5-2/h15,18,44-46,50-51H,4-14,16-17,19-43H2,1-3H3,(H,49,52)/b18-15-. The van der Waals surface area contributed by atoms with E-state index in [9.17, 15) is 19.8 Å². The first-order valence-corrected chi connectivity index (χ1v) is 23.9. The van der Waals surface area contributed by atoms with Gasteiger partial charge in [0.2, 0.25) is 5.91 Å². The Balaban J connectivity index is 4.42. The van der Waals surface area contributed by atoms with E-state index in [1.165, 1.54) is 148 Å². The van der Waals surface area contributed by atoms with E-state index in [1.54, 1.807) is 0 Å².